The zero-order chi connectivity index (χ0) is 15.0. The van der Waals surface area contributed by atoms with Gasteiger partial charge in [-0.1, -0.05) is 23.7 Å². The number of para-hydroxylation sites is 1. The van der Waals surface area contributed by atoms with Crippen molar-refractivity contribution in [2.75, 3.05) is 0 Å². The van der Waals surface area contributed by atoms with E-state index in [0.29, 0.717) is 23.2 Å². The van der Waals surface area contributed by atoms with E-state index >= 15 is 0 Å². The third-order valence-electron chi connectivity index (χ3n) is 3.36. The summed E-state index contributed by atoms with van der Waals surface area (Å²) in [6.07, 6.45) is 2.52. The molecule has 2 heterocycles. The van der Waals surface area contributed by atoms with Gasteiger partial charge in [-0.3, -0.25) is 0 Å². The van der Waals surface area contributed by atoms with E-state index in [1.165, 1.54) is 0 Å². The minimum absolute atomic E-state index is 0.220. The fourth-order valence-corrected chi connectivity index (χ4v) is 2.65. The summed E-state index contributed by atoms with van der Waals surface area (Å²) >= 11 is 6.18. The molecule has 3 rings (SSSR count). The Morgan fingerprint density at radius 3 is 2.95 bits per heavy atom. The van der Waals surface area contributed by atoms with Crippen LogP contribution in [0, 0.1) is 0 Å². The maximum atomic E-state index is 6.18. The number of fused-ring (bicyclic) bond motifs is 1. The van der Waals surface area contributed by atoms with Crippen molar-refractivity contribution in [3.8, 4) is 17.4 Å². The summed E-state index contributed by atoms with van der Waals surface area (Å²) in [5.74, 6) is 1.76. The Morgan fingerprint density at radius 2 is 2.24 bits per heavy atom. The molecular weight excluding hydrogens is 288 g/mol. The zero-order valence-corrected chi connectivity index (χ0v) is 12.8. The lowest BCUT2D eigenvalue weighted by molar-refractivity contribution is 0.135. The number of pyridine rings is 1. The third kappa shape index (κ3) is 2.82. The maximum Gasteiger partial charge on any atom is 0.238 e. The number of nitrogens with zero attached hydrogens (tertiary/aromatic N) is 1. The molecule has 1 aromatic heterocycles. The average Bonchev–Trinajstić information content (AvgIpc) is 2.76. The number of nitrogens with two attached hydrogens (primary N) is 1. The molecule has 2 aromatic rings. The topological polar surface area (TPSA) is 57.4 Å². The van der Waals surface area contributed by atoms with Crippen molar-refractivity contribution < 1.29 is 9.47 Å². The van der Waals surface area contributed by atoms with Gasteiger partial charge in [0.25, 0.3) is 0 Å². The monoisotopic (exact) mass is 304 g/mol. The van der Waals surface area contributed by atoms with Crippen LogP contribution in [-0.4, -0.2) is 10.6 Å². The van der Waals surface area contributed by atoms with Crippen molar-refractivity contribution in [1.29, 1.82) is 0 Å². The summed E-state index contributed by atoms with van der Waals surface area (Å²) < 4.78 is 11.8. The fraction of sp³-hybridized carbons (Fsp3) is 0.312. The van der Waals surface area contributed by atoms with E-state index < -0.39 is 0 Å². The number of benzene rings is 1. The number of halogens is 1. The highest BCUT2D eigenvalue weighted by Crippen LogP contribution is 2.43. The van der Waals surface area contributed by atoms with E-state index in [1.54, 1.807) is 12.3 Å². The molecule has 0 saturated carbocycles. The Bertz CT molecular complexity index is 686. The molecule has 1 aromatic carbocycles. The molecule has 0 atom stereocenters. The minimum Gasteiger partial charge on any atom is -0.483 e. The van der Waals surface area contributed by atoms with Crippen LogP contribution in [0.15, 0.2) is 30.5 Å². The van der Waals surface area contributed by atoms with Crippen molar-refractivity contribution in [3.05, 3.63) is 46.6 Å². The zero-order valence-electron chi connectivity index (χ0n) is 12.0. The Balaban J connectivity index is 1.92. The maximum absolute atomic E-state index is 6.18. The first-order valence-corrected chi connectivity index (χ1v) is 7.19. The van der Waals surface area contributed by atoms with Gasteiger partial charge in [-0.05, 0) is 31.5 Å². The number of hydrogen-bond donors (Lipinski definition) is 1. The molecule has 110 valence electrons. The molecule has 21 heavy (non-hydrogen) atoms. The van der Waals surface area contributed by atoms with E-state index in [-0.39, 0.29) is 5.60 Å². The lowest BCUT2D eigenvalue weighted by Crippen LogP contribution is -2.24. The van der Waals surface area contributed by atoms with Crippen molar-refractivity contribution in [1.82, 2.24) is 4.98 Å². The second kappa shape index (κ2) is 5.20. The molecule has 0 radical (unpaired) electrons. The molecule has 0 spiro atoms. The molecule has 5 heteroatoms. The number of hydrogen-bond acceptors (Lipinski definition) is 4. The number of ether oxygens (including phenoxy) is 2. The number of aromatic nitrogens is 1. The second-order valence-electron chi connectivity index (χ2n) is 5.72. The Kier molecular flexibility index (Phi) is 3.51. The van der Waals surface area contributed by atoms with Gasteiger partial charge in [0.05, 0.1) is 0 Å². The quantitative estimate of drug-likeness (QED) is 0.939. The van der Waals surface area contributed by atoms with Gasteiger partial charge < -0.3 is 15.2 Å². The Hall–Kier alpha value is -1.78. The molecule has 4 nitrogen and oxygen atoms in total. The highest BCUT2D eigenvalue weighted by atomic mass is 35.5. The molecule has 0 bridgehead atoms. The van der Waals surface area contributed by atoms with E-state index in [4.69, 9.17) is 26.8 Å². The van der Waals surface area contributed by atoms with Gasteiger partial charge in [0.15, 0.2) is 11.5 Å². The van der Waals surface area contributed by atoms with Crippen LogP contribution in [0.25, 0.3) is 0 Å². The molecule has 0 aliphatic carbocycles. The Labute approximate surface area is 128 Å². The van der Waals surface area contributed by atoms with E-state index in [9.17, 15) is 0 Å². The lowest BCUT2D eigenvalue weighted by atomic mass is 10.0. The lowest BCUT2D eigenvalue weighted by Gasteiger charge is -2.18. The van der Waals surface area contributed by atoms with Gasteiger partial charge >= 0.3 is 0 Å². The first kappa shape index (κ1) is 14.2. The molecule has 0 unspecified atom stereocenters. The van der Waals surface area contributed by atoms with E-state index in [0.717, 1.165) is 23.3 Å². The molecular formula is C16H17ClN2O2. The first-order chi connectivity index (χ1) is 9.98. The minimum atomic E-state index is -0.220. The van der Waals surface area contributed by atoms with E-state index in [2.05, 4.69) is 18.8 Å². The second-order valence-corrected chi connectivity index (χ2v) is 6.13. The number of rotatable bonds is 3. The Morgan fingerprint density at radius 1 is 1.43 bits per heavy atom. The largest absolute Gasteiger partial charge is 0.483 e. The van der Waals surface area contributed by atoms with Crippen LogP contribution in [-0.2, 0) is 13.0 Å². The van der Waals surface area contributed by atoms with Crippen molar-refractivity contribution in [3.63, 3.8) is 0 Å². The van der Waals surface area contributed by atoms with E-state index in [1.807, 2.05) is 18.2 Å². The first-order valence-electron chi connectivity index (χ1n) is 6.82. The van der Waals surface area contributed by atoms with Crippen LogP contribution >= 0.6 is 11.6 Å². The summed E-state index contributed by atoms with van der Waals surface area (Å²) in [5, 5.41) is 0.438. The standard InChI is InChI=1S/C16H17ClN2O2/c1-16(2)7-11-4-3-5-13(14(11)21-16)20-15-12(17)6-10(8-18)9-19-15/h3-6,9H,7-8,18H2,1-2H3. The molecule has 0 amide bonds. The normalized spacial score (nSPS) is 15.4. The predicted molar refractivity (Wildman–Crippen MR) is 82.1 cm³/mol. The van der Waals surface area contributed by atoms with Crippen LogP contribution in [0.5, 0.6) is 17.4 Å². The summed E-state index contributed by atoms with van der Waals surface area (Å²) in [6.45, 7) is 4.50. The van der Waals surface area contributed by atoms with Gasteiger partial charge in [-0.25, -0.2) is 4.98 Å². The highest BCUT2D eigenvalue weighted by Gasteiger charge is 2.32. The van der Waals surface area contributed by atoms with Crippen LogP contribution in [0.1, 0.15) is 25.0 Å². The van der Waals surface area contributed by atoms with Gasteiger partial charge in [-0.2, -0.15) is 0 Å². The van der Waals surface area contributed by atoms with Gasteiger partial charge in [0.1, 0.15) is 10.6 Å². The molecule has 1 aliphatic rings. The highest BCUT2D eigenvalue weighted by molar-refractivity contribution is 6.31. The van der Waals surface area contributed by atoms with Crippen molar-refractivity contribution >= 4 is 11.6 Å². The van der Waals surface area contributed by atoms with Gasteiger partial charge in [0.2, 0.25) is 5.88 Å². The molecule has 2 N–H and O–H groups in total. The third-order valence-corrected chi connectivity index (χ3v) is 3.63. The molecule has 0 saturated heterocycles. The summed E-state index contributed by atoms with van der Waals surface area (Å²) in [5.41, 5.74) is 7.34. The summed E-state index contributed by atoms with van der Waals surface area (Å²) in [7, 11) is 0. The van der Waals surface area contributed by atoms with Crippen LogP contribution < -0.4 is 15.2 Å². The van der Waals surface area contributed by atoms with Crippen molar-refractivity contribution in [2.24, 2.45) is 5.73 Å². The van der Waals surface area contributed by atoms with Crippen LogP contribution in [0.3, 0.4) is 0 Å². The average molecular weight is 305 g/mol. The van der Waals surface area contributed by atoms with Gasteiger partial charge in [0, 0.05) is 24.7 Å². The summed E-state index contributed by atoms with van der Waals surface area (Å²) in [4.78, 5) is 4.22. The summed E-state index contributed by atoms with van der Waals surface area (Å²) in [6, 6.07) is 7.61. The predicted octanol–water partition coefficient (Wildman–Crippen LogP) is 3.70. The fourth-order valence-electron chi connectivity index (χ4n) is 2.42. The molecule has 1 aliphatic heterocycles. The van der Waals surface area contributed by atoms with Crippen molar-refractivity contribution in [2.45, 2.75) is 32.4 Å². The molecule has 0 fully saturated rings. The SMILES string of the molecule is CC1(C)Cc2cccc(Oc3ncc(CN)cc3Cl)c2O1. The van der Waals surface area contributed by atoms with Crippen LogP contribution in [0.2, 0.25) is 5.02 Å². The van der Waals surface area contributed by atoms with Crippen LogP contribution in [0.4, 0.5) is 0 Å². The van der Waals surface area contributed by atoms with Gasteiger partial charge in [-0.15, -0.1) is 0 Å². The smallest absolute Gasteiger partial charge is 0.238 e.